The number of nitrogens with two attached hydrogens (primary N) is 1. The van der Waals surface area contributed by atoms with Crippen LogP contribution in [-0.4, -0.2) is 17.8 Å². The van der Waals surface area contributed by atoms with Crippen LogP contribution < -0.4 is 21.1 Å². The van der Waals surface area contributed by atoms with Gasteiger partial charge in [-0.05, 0) is 69.9 Å². The first-order valence-electron chi connectivity index (χ1n) is 9.07. The molecule has 2 aromatic carbocycles. The van der Waals surface area contributed by atoms with Crippen LogP contribution in [0, 0.1) is 6.92 Å². The zero-order chi connectivity index (χ0) is 20.5. The topological polar surface area (TPSA) is 105 Å². The Morgan fingerprint density at radius 3 is 2.71 bits per heavy atom. The van der Waals surface area contributed by atoms with Gasteiger partial charge in [-0.25, -0.2) is 9.59 Å². The van der Waals surface area contributed by atoms with Gasteiger partial charge in [0, 0.05) is 16.9 Å². The number of nitrogens with zero attached hydrogens (tertiary/aromatic N) is 1. The SMILES string of the molecule is Cc1c(N)cc(CCc2cccc(NC(=O)OC(C)(C)C)c2)c2c1[N]C(=O)O2. The van der Waals surface area contributed by atoms with E-state index in [9.17, 15) is 9.59 Å². The molecule has 0 aromatic heterocycles. The van der Waals surface area contributed by atoms with E-state index in [0.717, 1.165) is 16.7 Å². The number of amides is 2. The average molecular weight is 382 g/mol. The van der Waals surface area contributed by atoms with Crippen LogP contribution in [0.3, 0.4) is 0 Å². The minimum atomic E-state index is -0.617. The molecule has 0 atom stereocenters. The van der Waals surface area contributed by atoms with Gasteiger partial charge in [-0.3, -0.25) is 5.32 Å². The third kappa shape index (κ3) is 4.54. The van der Waals surface area contributed by atoms with Gasteiger partial charge in [0.1, 0.15) is 11.3 Å². The molecule has 28 heavy (non-hydrogen) atoms. The van der Waals surface area contributed by atoms with Crippen molar-refractivity contribution >= 4 is 29.2 Å². The molecule has 0 unspecified atom stereocenters. The van der Waals surface area contributed by atoms with Gasteiger partial charge in [-0.15, -0.1) is 0 Å². The summed E-state index contributed by atoms with van der Waals surface area (Å²) in [5.41, 5.74) is 9.83. The van der Waals surface area contributed by atoms with E-state index in [2.05, 4.69) is 10.6 Å². The predicted octanol–water partition coefficient (Wildman–Crippen LogP) is 4.46. The summed E-state index contributed by atoms with van der Waals surface area (Å²) >= 11 is 0. The number of hydrogen-bond donors (Lipinski definition) is 2. The van der Waals surface area contributed by atoms with Gasteiger partial charge in [-0.2, -0.15) is 5.32 Å². The van der Waals surface area contributed by atoms with E-state index < -0.39 is 17.8 Å². The van der Waals surface area contributed by atoms with E-state index in [4.69, 9.17) is 15.2 Å². The summed E-state index contributed by atoms with van der Waals surface area (Å²) < 4.78 is 10.5. The van der Waals surface area contributed by atoms with Crippen molar-refractivity contribution < 1.29 is 19.1 Å². The van der Waals surface area contributed by atoms with Crippen molar-refractivity contribution in [1.82, 2.24) is 5.32 Å². The van der Waals surface area contributed by atoms with E-state index in [0.29, 0.717) is 35.7 Å². The normalized spacial score (nSPS) is 12.8. The molecule has 0 saturated carbocycles. The number of anilines is 2. The predicted molar refractivity (Wildman–Crippen MR) is 107 cm³/mol. The maximum atomic E-state index is 11.9. The Morgan fingerprint density at radius 1 is 1.25 bits per heavy atom. The zero-order valence-corrected chi connectivity index (χ0v) is 16.5. The second kappa shape index (κ2) is 7.42. The molecular formula is C21H24N3O4. The zero-order valence-electron chi connectivity index (χ0n) is 16.5. The van der Waals surface area contributed by atoms with Crippen LogP contribution in [-0.2, 0) is 17.6 Å². The number of fused-ring (bicyclic) bond motifs is 1. The fraction of sp³-hybridized carbons (Fsp3) is 0.333. The maximum absolute atomic E-state index is 11.9. The Kier molecular flexibility index (Phi) is 5.18. The Bertz CT molecular complexity index is 932. The number of hydrogen-bond acceptors (Lipinski definition) is 5. The molecule has 3 N–H and O–H groups in total. The second-order valence-electron chi connectivity index (χ2n) is 7.73. The third-order valence-corrected chi connectivity index (χ3v) is 4.27. The minimum absolute atomic E-state index is 0.486. The van der Waals surface area contributed by atoms with Crippen molar-refractivity contribution in [2.75, 3.05) is 11.1 Å². The molecule has 2 aromatic rings. The highest BCUT2D eigenvalue weighted by atomic mass is 16.6. The highest BCUT2D eigenvalue weighted by molar-refractivity contribution is 5.89. The first kappa shape index (κ1) is 19.5. The van der Waals surface area contributed by atoms with Crippen LogP contribution in [0.4, 0.5) is 26.7 Å². The van der Waals surface area contributed by atoms with Crippen LogP contribution in [0.2, 0.25) is 0 Å². The van der Waals surface area contributed by atoms with Gasteiger partial charge >= 0.3 is 12.2 Å². The van der Waals surface area contributed by atoms with Crippen molar-refractivity contribution in [3.05, 3.63) is 47.0 Å². The summed E-state index contributed by atoms with van der Waals surface area (Å²) in [7, 11) is 0. The highest BCUT2D eigenvalue weighted by Crippen LogP contribution is 2.40. The van der Waals surface area contributed by atoms with Crippen LogP contribution in [0.1, 0.15) is 37.5 Å². The van der Waals surface area contributed by atoms with Gasteiger partial charge in [0.25, 0.3) is 0 Å². The molecular weight excluding hydrogens is 358 g/mol. The molecule has 7 nitrogen and oxygen atoms in total. The number of benzene rings is 2. The van der Waals surface area contributed by atoms with Gasteiger partial charge in [-0.1, -0.05) is 12.1 Å². The Labute approximate surface area is 164 Å². The second-order valence-corrected chi connectivity index (χ2v) is 7.73. The molecule has 147 valence electrons. The molecule has 0 spiro atoms. The molecule has 2 amide bonds. The summed E-state index contributed by atoms with van der Waals surface area (Å²) in [4.78, 5) is 23.5. The van der Waals surface area contributed by atoms with Crippen molar-refractivity contribution in [1.29, 1.82) is 0 Å². The van der Waals surface area contributed by atoms with Crippen LogP contribution in [0.15, 0.2) is 30.3 Å². The first-order valence-corrected chi connectivity index (χ1v) is 9.07. The minimum Gasteiger partial charge on any atom is -0.444 e. The molecule has 7 heteroatoms. The van der Waals surface area contributed by atoms with E-state index in [1.165, 1.54) is 0 Å². The van der Waals surface area contributed by atoms with Gasteiger partial charge in [0.2, 0.25) is 0 Å². The molecule has 0 fully saturated rings. The number of carbonyl (C=O) groups excluding carboxylic acids is 2. The summed E-state index contributed by atoms with van der Waals surface area (Å²) in [6.45, 7) is 7.25. The summed E-state index contributed by atoms with van der Waals surface area (Å²) in [6.07, 6.45) is 0.178. The molecule has 1 heterocycles. The number of carbonyl (C=O) groups is 2. The number of ether oxygens (including phenoxy) is 2. The summed E-state index contributed by atoms with van der Waals surface area (Å²) in [6, 6.07) is 9.35. The third-order valence-electron chi connectivity index (χ3n) is 4.27. The fourth-order valence-corrected chi connectivity index (χ4v) is 2.96. The van der Waals surface area contributed by atoms with E-state index in [1.54, 1.807) is 6.07 Å². The lowest BCUT2D eigenvalue weighted by Gasteiger charge is -2.19. The van der Waals surface area contributed by atoms with E-state index >= 15 is 0 Å². The van der Waals surface area contributed by atoms with Crippen LogP contribution in [0.5, 0.6) is 5.75 Å². The fourth-order valence-electron chi connectivity index (χ4n) is 2.96. The number of aryl methyl sites for hydroxylation is 2. The van der Waals surface area contributed by atoms with Crippen molar-refractivity contribution in [3.8, 4) is 5.75 Å². The summed E-state index contributed by atoms with van der Waals surface area (Å²) in [5, 5.41) is 6.64. The first-order chi connectivity index (χ1) is 13.1. The molecule has 1 aliphatic heterocycles. The molecule has 1 aliphatic rings. The van der Waals surface area contributed by atoms with Gasteiger partial charge in [0.15, 0.2) is 5.75 Å². The van der Waals surface area contributed by atoms with E-state index in [-0.39, 0.29) is 0 Å². The lowest BCUT2D eigenvalue weighted by Crippen LogP contribution is -2.27. The van der Waals surface area contributed by atoms with Gasteiger partial charge < -0.3 is 15.2 Å². The molecule has 0 saturated heterocycles. The van der Waals surface area contributed by atoms with Gasteiger partial charge in [0.05, 0.1) is 0 Å². The lowest BCUT2D eigenvalue weighted by atomic mass is 9.99. The van der Waals surface area contributed by atoms with E-state index in [1.807, 2.05) is 52.0 Å². The standard InChI is InChI=1S/C21H24N3O4/c1-12-16(22)11-14(18-17(12)24-19(25)27-18)9-8-13-6-5-7-15(10-13)23-20(26)28-21(2,3)4/h5-7,10-11H,8-9,22H2,1-4H3,(H,23,26). The maximum Gasteiger partial charge on any atom is 0.439 e. The summed E-state index contributed by atoms with van der Waals surface area (Å²) in [5.74, 6) is 0.486. The van der Waals surface area contributed by atoms with Crippen LogP contribution in [0.25, 0.3) is 0 Å². The largest absolute Gasteiger partial charge is 0.444 e. The van der Waals surface area contributed by atoms with Crippen molar-refractivity contribution in [2.45, 2.75) is 46.1 Å². The Hall–Kier alpha value is -3.22. The quantitative estimate of drug-likeness (QED) is 0.760. The molecule has 3 rings (SSSR count). The van der Waals surface area contributed by atoms with Crippen molar-refractivity contribution in [3.63, 3.8) is 0 Å². The number of nitrogens with one attached hydrogen (secondary N) is 1. The number of rotatable bonds is 4. The van der Waals surface area contributed by atoms with Crippen LogP contribution >= 0.6 is 0 Å². The highest BCUT2D eigenvalue weighted by Gasteiger charge is 2.28. The Balaban J connectivity index is 1.71. The lowest BCUT2D eigenvalue weighted by molar-refractivity contribution is 0.0636. The Morgan fingerprint density at radius 2 is 2.00 bits per heavy atom. The average Bonchev–Trinajstić information content (AvgIpc) is 2.97. The number of nitrogen functional groups attached to an aromatic ring is 1. The molecule has 1 radical (unpaired) electrons. The van der Waals surface area contributed by atoms with Crippen molar-refractivity contribution in [2.24, 2.45) is 0 Å². The monoisotopic (exact) mass is 382 g/mol. The molecule has 0 aliphatic carbocycles. The smallest absolute Gasteiger partial charge is 0.439 e. The molecule has 0 bridgehead atoms.